The number of rotatable bonds is 8. The first-order valence-electron chi connectivity index (χ1n) is 8.39. The summed E-state index contributed by atoms with van der Waals surface area (Å²) in [5.74, 6) is 1.33. The van der Waals surface area contributed by atoms with Gasteiger partial charge in [-0.05, 0) is 38.8 Å². The highest BCUT2D eigenvalue weighted by Crippen LogP contribution is 2.19. The average Bonchev–Trinajstić information content (AvgIpc) is 2.92. The van der Waals surface area contributed by atoms with E-state index in [9.17, 15) is 0 Å². The Bertz CT molecular complexity index is 526. The first-order chi connectivity index (χ1) is 10.2. The van der Waals surface area contributed by atoms with Crippen molar-refractivity contribution in [2.24, 2.45) is 0 Å². The zero-order valence-corrected chi connectivity index (χ0v) is 13.8. The van der Waals surface area contributed by atoms with Crippen molar-refractivity contribution in [3.05, 3.63) is 42.7 Å². The second kappa shape index (κ2) is 8.02. The lowest BCUT2D eigenvalue weighted by Gasteiger charge is -2.08. The number of hydrogen-bond donors (Lipinski definition) is 0. The van der Waals surface area contributed by atoms with E-state index in [4.69, 9.17) is 0 Å². The second-order valence-corrected chi connectivity index (χ2v) is 6.10. The van der Waals surface area contributed by atoms with Crippen molar-refractivity contribution in [2.75, 3.05) is 0 Å². The Balaban J connectivity index is 2.14. The molecule has 0 saturated heterocycles. The van der Waals surface area contributed by atoms with Crippen molar-refractivity contribution in [1.82, 2.24) is 4.57 Å². The Kier molecular flexibility index (Phi) is 6.04. The quantitative estimate of drug-likeness (QED) is 0.477. The lowest BCUT2D eigenvalue weighted by Crippen LogP contribution is -2.35. The molecule has 0 aliphatic heterocycles. The lowest BCUT2D eigenvalue weighted by atomic mass is 10.1. The van der Waals surface area contributed by atoms with Crippen LogP contribution in [0.2, 0.25) is 0 Å². The van der Waals surface area contributed by atoms with Crippen LogP contribution >= 0.6 is 0 Å². The van der Waals surface area contributed by atoms with Gasteiger partial charge in [-0.3, -0.25) is 0 Å². The van der Waals surface area contributed by atoms with Crippen LogP contribution in [-0.4, -0.2) is 4.57 Å². The summed E-state index contributed by atoms with van der Waals surface area (Å²) in [6, 6.07) is 11.2. The minimum atomic E-state index is 0.488. The van der Waals surface area contributed by atoms with Crippen molar-refractivity contribution in [2.45, 2.75) is 65.5 Å². The molecule has 1 heterocycles. The lowest BCUT2D eigenvalue weighted by molar-refractivity contribution is -0.686. The van der Waals surface area contributed by atoms with Crippen LogP contribution in [0, 0.1) is 0 Å². The molecule has 2 heteroatoms. The highest BCUT2D eigenvalue weighted by molar-refractivity contribution is 5.52. The average molecular weight is 285 g/mol. The third-order valence-electron chi connectivity index (χ3n) is 4.01. The van der Waals surface area contributed by atoms with Crippen LogP contribution in [0.1, 0.15) is 58.9 Å². The number of unbranched alkanes of at least 4 members (excludes halogenated alkanes) is 4. The Labute approximate surface area is 129 Å². The zero-order chi connectivity index (χ0) is 15.1. The van der Waals surface area contributed by atoms with E-state index in [1.54, 1.807) is 0 Å². The van der Waals surface area contributed by atoms with Gasteiger partial charge in [0, 0.05) is 0 Å². The molecule has 2 aromatic rings. The van der Waals surface area contributed by atoms with E-state index in [0.717, 1.165) is 6.54 Å². The largest absolute Gasteiger partial charge is 0.289 e. The SMILES string of the molecule is CCCCCCC[n+]1ccn(C(C)C)c1-c1ccccc1. The fourth-order valence-electron chi connectivity index (χ4n) is 2.83. The predicted octanol–water partition coefficient (Wildman–Crippen LogP) is 4.99. The summed E-state index contributed by atoms with van der Waals surface area (Å²) in [5, 5.41) is 0. The van der Waals surface area contributed by atoms with Crippen LogP contribution in [0.25, 0.3) is 11.4 Å². The Morgan fingerprint density at radius 2 is 1.71 bits per heavy atom. The van der Waals surface area contributed by atoms with Gasteiger partial charge in [0.1, 0.15) is 12.4 Å². The van der Waals surface area contributed by atoms with E-state index in [-0.39, 0.29) is 0 Å². The first kappa shape index (κ1) is 15.8. The summed E-state index contributed by atoms with van der Waals surface area (Å²) in [4.78, 5) is 0. The fourth-order valence-corrected chi connectivity index (χ4v) is 2.83. The van der Waals surface area contributed by atoms with Gasteiger partial charge < -0.3 is 0 Å². The van der Waals surface area contributed by atoms with E-state index >= 15 is 0 Å². The van der Waals surface area contributed by atoms with E-state index in [2.05, 4.69) is 72.6 Å². The summed E-state index contributed by atoms with van der Waals surface area (Å²) in [6.45, 7) is 7.88. The number of aryl methyl sites for hydroxylation is 1. The summed E-state index contributed by atoms with van der Waals surface area (Å²) in [7, 11) is 0. The summed E-state index contributed by atoms with van der Waals surface area (Å²) < 4.78 is 4.79. The number of imidazole rings is 1. The second-order valence-electron chi connectivity index (χ2n) is 6.10. The highest BCUT2D eigenvalue weighted by atomic mass is 15.2. The zero-order valence-electron chi connectivity index (χ0n) is 13.8. The van der Waals surface area contributed by atoms with Crippen LogP contribution in [-0.2, 0) is 6.54 Å². The minimum absolute atomic E-state index is 0.488. The van der Waals surface area contributed by atoms with Crippen LogP contribution in [0.3, 0.4) is 0 Å². The van der Waals surface area contributed by atoms with Gasteiger partial charge in [0.2, 0.25) is 0 Å². The van der Waals surface area contributed by atoms with Crippen LogP contribution in [0.5, 0.6) is 0 Å². The maximum atomic E-state index is 2.42. The standard InChI is InChI=1S/C19H29N2/c1-4-5-6-7-11-14-20-15-16-21(17(2)3)19(20)18-12-9-8-10-13-18/h8-10,12-13,15-17H,4-7,11,14H2,1-3H3/q+1. The van der Waals surface area contributed by atoms with Crippen LogP contribution in [0.4, 0.5) is 0 Å². The molecule has 0 amide bonds. The third kappa shape index (κ3) is 4.20. The topological polar surface area (TPSA) is 8.81 Å². The van der Waals surface area contributed by atoms with Crippen molar-refractivity contribution < 1.29 is 4.57 Å². The Morgan fingerprint density at radius 3 is 2.38 bits per heavy atom. The van der Waals surface area contributed by atoms with Crippen molar-refractivity contribution >= 4 is 0 Å². The van der Waals surface area contributed by atoms with Crippen molar-refractivity contribution in [3.63, 3.8) is 0 Å². The van der Waals surface area contributed by atoms with Gasteiger partial charge >= 0.3 is 0 Å². The predicted molar refractivity (Wildman–Crippen MR) is 89.2 cm³/mol. The maximum Gasteiger partial charge on any atom is 0.289 e. The summed E-state index contributed by atoms with van der Waals surface area (Å²) in [6.07, 6.45) is 11.1. The third-order valence-corrected chi connectivity index (χ3v) is 4.01. The molecule has 0 spiro atoms. The molecule has 0 bridgehead atoms. The molecule has 2 rings (SSSR count). The fraction of sp³-hybridized carbons (Fsp3) is 0.526. The summed E-state index contributed by atoms with van der Waals surface area (Å²) >= 11 is 0. The van der Waals surface area contributed by atoms with Crippen molar-refractivity contribution in [3.8, 4) is 11.4 Å². The van der Waals surface area contributed by atoms with Crippen molar-refractivity contribution in [1.29, 1.82) is 0 Å². The van der Waals surface area contributed by atoms with E-state index in [1.807, 2.05) is 0 Å². The van der Waals surface area contributed by atoms with Gasteiger partial charge in [0.05, 0.1) is 18.2 Å². The van der Waals surface area contributed by atoms with E-state index in [1.165, 1.54) is 43.5 Å². The number of nitrogens with zero attached hydrogens (tertiary/aromatic N) is 2. The van der Waals surface area contributed by atoms with Gasteiger partial charge in [-0.15, -0.1) is 0 Å². The molecule has 0 saturated carbocycles. The molecule has 0 N–H and O–H groups in total. The minimum Gasteiger partial charge on any atom is -0.230 e. The molecule has 1 aromatic carbocycles. The molecule has 0 radical (unpaired) electrons. The van der Waals surface area contributed by atoms with Gasteiger partial charge in [0.25, 0.3) is 5.82 Å². The first-order valence-corrected chi connectivity index (χ1v) is 8.39. The molecular weight excluding hydrogens is 256 g/mol. The van der Waals surface area contributed by atoms with Gasteiger partial charge in [-0.2, -0.15) is 0 Å². The van der Waals surface area contributed by atoms with Gasteiger partial charge in [-0.25, -0.2) is 9.13 Å². The smallest absolute Gasteiger partial charge is 0.230 e. The van der Waals surface area contributed by atoms with Crippen LogP contribution in [0.15, 0.2) is 42.7 Å². The monoisotopic (exact) mass is 285 g/mol. The van der Waals surface area contributed by atoms with Gasteiger partial charge in [0.15, 0.2) is 0 Å². The molecule has 0 atom stereocenters. The van der Waals surface area contributed by atoms with E-state index < -0.39 is 0 Å². The molecule has 2 nitrogen and oxygen atoms in total. The van der Waals surface area contributed by atoms with Gasteiger partial charge in [-0.1, -0.05) is 44.4 Å². The number of aromatic nitrogens is 2. The van der Waals surface area contributed by atoms with Crippen LogP contribution < -0.4 is 4.57 Å². The molecule has 1 aromatic heterocycles. The number of benzene rings is 1. The molecular formula is C19H29N2+. The normalized spacial score (nSPS) is 11.2. The van der Waals surface area contributed by atoms with E-state index in [0.29, 0.717) is 6.04 Å². The summed E-state index contributed by atoms with van der Waals surface area (Å²) in [5.41, 5.74) is 1.31. The molecule has 0 unspecified atom stereocenters. The molecule has 0 aliphatic carbocycles. The number of hydrogen-bond acceptors (Lipinski definition) is 0. The molecule has 0 aliphatic rings. The Hall–Kier alpha value is -1.57. The molecule has 21 heavy (non-hydrogen) atoms. The molecule has 0 fully saturated rings. The Morgan fingerprint density at radius 1 is 1.00 bits per heavy atom. The maximum absolute atomic E-state index is 2.42. The highest BCUT2D eigenvalue weighted by Gasteiger charge is 2.20. The molecule has 114 valence electrons.